The van der Waals surface area contributed by atoms with Gasteiger partial charge in [0, 0.05) is 21.5 Å². The Morgan fingerprint density at radius 2 is 2.17 bits per heavy atom. The van der Waals surface area contributed by atoms with Crippen molar-refractivity contribution < 1.29 is 14.7 Å². The van der Waals surface area contributed by atoms with E-state index in [1.165, 1.54) is 18.2 Å². The molecule has 1 aliphatic rings. The highest BCUT2D eigenvalue weighted by Gasteiger charge is 2.29. The van der Waals surface area contributed by atoms with Gasteiger partial charge in [0.15, 0.2) is 0 Å². The zero-order chi connectivity index (χ0) is 16.4. The Morgan fingerprint density at radius 3 is 2.96 bits per heavy atom. The van der Waals surface area contributed by atoms with E-state index in [4.69, 9.17) is 16.4 Å². The fraction of sp³-hybridized carbons (Fsp3) is 0.125. The van der Waals surface area contributed by atoms with Crippen molar-refractivity contribution in [1.82, 2.24) is 0 Å². The van der Waals surface area contributed by atoms with Gasteiger partial charge in [0.1, 0.15) is 5.75 Å². The van der Waals surface area contributed by atoms with E-state index in [1.807, 2.05) is 24.3 Å². The number of amides is 1. The maximum atomic E-state index is 12.2. The number of oxime groups is 1. The maximum Gasteiger partial charge on any atom is 0.268 e. The van der Waals surface area contributed by atoms with Crippen LogP contribution in [0.1, 0.15) is 12.0 Å². The van der Waals surface area contributed by atoms with E-state index >= 15 is 0 Å². The zero-order valence-electron chi connectivity index (χ0n) is 11.8. The van der Waals surface area contributed by atoms with Crippen LogP contribution >= 0.6 is 27.5 Å². The third-order valence-electron chi connectivity index (χ3n) is 3.34. The van der Waals surface area contributed by atoms with E-state index in [9.17, 15) is 9.90 Å². The first-order valence-electron chi connectivity index (χ1n) is 6.81. The van der Waals surface area contributed by atoms with E-state index in [-0.39, 0.29) is 11.4 Å². The molecule has 2 aromatic rings. The fourth-order valence-corrected chi connectivity index (χ4v) is 2.75. The Kier molecular flexibility index (Phi) is 4.54. The van der Waals surface area contributed by atoms with Crippen molar-refractivity contribution in [3.8, 4) is 5.75 Å². The molecule has 1 aliphatic heterocycles. The van der Waals surface area contributed by atoms with Crippen molar-refractivity contribution in [1.29, 1.82) is 0 Å². The van der Waals surface area contributed by atoms with Gasteiger partial charge in [-0.05, 0) is 30.3 Å². The number of benzene rings is 2. The van der Waals surface area contributed by atoms with Gasteiger partial charge in [-0.25, -0.2) is 0 Å². The maximum absolute atomic E-state index is 12.2. The van der Waals surface area contributed by atoms with Crippen LogP contribution in [0.25, 0.3) is 0 Å². The standard InChI is InChI=1S/C16H12BrClN2O3/c17-10-3-1-2-9(6-10)12-8-15(23-20-12)16(22)19-13-7-11(18)4-5-14(13)21/h1-7,15,21H,8H2,(H,19,22). The van der Waals surface area contributed by atoms with Crippen molar-refractivity contribution in [2.24, 2.45) is 5.16 Å². The Morgan fingerprint density at radius 1 is 1.35 bits per heavy atom. The molecule has 23 heavy (non-hydrogen) atoms. The van der Waals surface area contributed by atoms with Crippen molar-refractivity contribution in [3.05, 3.63) is 57.5 Å². The summed E-state index contributed by atoms with van der Waals surface area (Å²) in [4.78, 5) is 17.5. The van der Waals surface area contributed by atoms with Crippen LogP contribution in [0.2, 0.25) is 5.02 Å². The number of hydrogen-bond donors (Lipinski definition) is 2. The van der Waals surface area contributed by atoms with Gasteiger partial charge in [0.25, 0.3) is 5.91 Å². The largest absolute Gasteiger partial charge is 0.506 e. The molecule has 0 saturated heterocycles. The van der Waals surface area contributed by atoms with E-state index in [0.717, 1.165) is 10.0 Å². The molecule has 0 aliphatic carbocycles. The second-order valence-electron chi connectivity index (χ2n) is 5.00. The fourth-order valence-electron chi connectivity index (χ4n) is 2.18. The molecule has 0 saturated carbocycles. The number of nitrogens with zero attached hydrogens (tertiary/aromatic N) is 1. The minimum Gasteiger partial charge on any atom is -0.506 e. The van der Waals surface area contributed by atoms with Crippen LogP contribution < -0.4 is 5.32 Å². The van der Waals surface area contributed by atoms with Gasteiger partial charge >= 0.3 is 0 Å². The van der Waals surface area contributed by atoms with E-state index in [2.05, 4.69) is 26.4 Å². The molecule has 2 N–H and O–H groups in total. The molecule has 0 bridgehead atoms. The molecule has 1 heterocycles. The van der Waals surface area contributed by atoms with Crippen LogP contribution in [0, 0.1) is 0 Å². The van der Waals surface area contributed by atoms with E-state index in [0.29, 0.717) is 17.2 Å². The summed E-state index contributed by atoms with van der Waals surface area (Å²) in [6.07, 6.45) is -0.397. The summed E-state index contributed by atoms with van der Waals surface area (Å²) < 4.78 is 0.925. The number of aromatic hydroxyl groups is 1. The molecule has 2 aromatic carbocycles. The monoisotopic (exact) mass is 394 g/mol. The Bertz CT molecular complexity index is 795. The Labute approximate surface area is 146 Å². The molecule has 5 nitrogen and oxygen atoms in total. The first-order chi connectivity index (χ1) is 11.0. The van der Waals surface area contributed by atoms with Crippen LogP contribution in [-0.4, -0.2) is 22.8 Å². The molecule has 118 valence electrons. The van der Waals surface area contributed by atoms with Crippen LogP contribution in [0.5, 0.6) is 5.75 Å². The molecule has 1 atom stereocenters. The van der Waals surface area contributed by atoms with Crippen LogP contribution in [-0.2, 0) is 9.63 Å². The van der Waals surface area contributed by atoms with E-state index < -0.39 is 12.0 Å². The number of phenolic OH excluding ortho intramolecular Hbond substituents is 1. The highest BCUT2D eigenvalue weighted by atomic mass is 79.9. The third-order valence-corrected chi connectivity index (χ3v) is 4.06. The third kappa shape index (κ3) is 3.65. The van der Waals surface area contributed by atoms with Gasteiger partial charge in [0.2, 0.25) is 6.10 Å². The Hall–Kier alpha value is -2.05. The lowest BCUT2D eigenvalue weighted by molar-refractivity contribution is -0.125. The summed E-state index contributed by atoms with van der Waals surface area (Å²) >= 11 is 9.25. The number of anilines is 1. The Balaban J connectivity index is 1.68. The first-order valence-corrected chi connectivity index (χ1v) is 7.98. The SMILES string of the molecule is O=C(Nc1cc(Cl)ccc1O)C1CC(c2cccc(Br)c2)=NO1. The summed E-state index contributed by atoms with van der Waals surface area (Å²) in [6.45, 7) is 0. The van der Waals surface area contributed by atoms with Crippen LogP contribution in [0.15, 0.2) is 52.1 Å². The minimum absolute atomic E-state index is 0.0612. The van der Waals surface area contributed by atoms with Crippen molar-refractivity contribution in [2.75, 3.05) is 5.32 Å². The van der Waals surface area contributed by atoms with Gasteiger partial charge in [0.05, 0.1) is 11.4 Å². The number of carbonyl (C=O) groups is 1. The highest BCUT2D eigenvalue weighted by molar-refractivity contribution is 9.10. The molecule has 0 spiro atoms. The topological polar surface area (TPSA) is 70.9 Å². The average molecular weight is 396 g/mol. The van der Waals surface area contributed by atoms with E-state index in [1.54, 1.807) is 0 Å². The summed E-state index contributed by atoms with van der Waals surface area (Å²) in [6, 6.07) is 12.0. The highest BCUT2D eigenvalue weighted by Crippen LogP contribution is 2.27. The van der Waals surface area contributed by atoms with Crippen LogP contribution in [0.4, 0.5) is 5.69 Å². The first kappa shape index (κ1) is 15.8. The summed E-state index contributed by atoms with van der Waals surface area (Å²) in [5.41, 5.74) is 1.82. The minimum atomic E-state index is -0.748. The summed E-state index contributed by atoms with van der Waals surface area (Å²) in [5, 5.41) is 16.7. The normalized spacial score (nSPS) is 16.6. The number of rotatable bonds is 3. The molecule has 0 fully saturated rings. The van der Waals surface area contributed by atoms with Gasteiger partial charge in [-0.3, -0.25) is 4.79 Å². The predicted molar refractivity (Wildman–Crippen MR) is 91.9 cm³/mol. The molecule has 0 radical (unpaired) electrons. The van der Waals surface area contributed by atoms with Gasteiger partial charge in [-0.1, -0.05) is 44.8 Å². The lowest BCUT2D eigenvalue weighted by atomic mass is 10.0. The average Bonchev–Trinajstić information content (AvgIpc) is 3.01. The second kappa shape index (κ2) is 6.60. The molecule has 1 amide bonds. The lowest BCUT2D eigenvalue weighted by Crippen LogP contribution is -2.28. The summed E-state index contributed by atoms with van der Waals surface area (Å²) in [7, 11) is 0. The number of nitrogens with one attached hydrogen (secondary N) is 1. The predicted octanol–water partition coefficient (Wildman–Crippen LogP) is 3.94. The molecular formula is C16H12BrClN2O3. The zero-order valence-corrected chi connectivity index (χ0v) is 14.1. The summed E-state index contributed by atoms with van der Waals surface area (Å²) in [5.74, 6) is -0.454. The number of carbonyl (C=O) groups excluding carboxylic acids is 1. The number of hydrogen-bond acceptors (Lipinski definition) is 4. The molecule has 3 rings (SSSR count). The van der Waals surface area contributed by atoms with Crippen molar-refractivity contribution >= 4 is 44.8 Å². The smallest absolute Gasteiger partial charge is 0.268 e. The molecular weight excluding hydrogens is 384 g/mol. The molecule has 7 heteroatoms. The quantitative estimate of drug-likeness (QED) is 0.773. The van der Waals surface area contributed by atoms with Crippen molar-refractivity contribution in [3.63, 3.8) is 0 Å². The van der Waals surface area contributed by atoms with Gasteiger partial charge in [-0.2, -0.15) is 0 Å². The van der Waals surface area contributed by atoms with Crippen LogP contribution in [0.3, 0.4) is 0 Å². The number of halogens is 2. The van der Waals surface area contributed by atoms with Gasteiger partial charge in [-0.15, -0.1) is 0 Å². The molecule has 0 aromatic heterocycles. The lowest BCUT2D eigenvalue weighted by Gasteiger charge is -2.11. The molecule has 1 unspecified atom stereocenters. The second-order valence-corrected chi connectivity index (χ2v) is 6.35. The number of phenols is 1. The van der Waals surface area contributed by atoms with Gasteiger partial charge < -0.3 is 15.3 Å². The van der Waals surface area contributed by atoms with Crippen molar-refractivity contribution in [2.45, 2.75) is 12.5 Å².